The Hall–Kier alpha value is -3.74. The maximum atomic E-state index is 12.9. The highest BCUT2D eigenvalue weighted by Gasteiger charge is 2.43. The maximum Gasteiger partial charge on any atom is 0.329 e. The average molecular weight is 418 g/mol. The molecule has 31 heavy (non-hydrogen) atoms. The van der Waals surface area contributed by atoms with Gasteiger partial charge in [0.2, 0.25) is 5.78 Å². The molecular weight excluding hydrogens is 396 g/mol. The Kier molecular flexibility index (Phi) is 5.42. The number of carbonyl (C=O) groups is 4. The Morgan fingerprint density at radius 2 is 1.58 bits per heavy atom. The number of ketones is 1. The van der Waals surface area contributed by atoms with Crippen LogP contribution in [0.1, 0.15) is 51.3 Å². The molecule has 1 aromatic heterocycles. The lowest BCUT2D eigenvalue weighted by molar-refractivity contribution is -0.147. The molecule has 0 saturated carbocycles. The van der Waals surface area contributed by atoms with Crippen molar-refractivity contribution < 1.29 is 23.9 Å². The number of carbonyl (C=O) groups excluding carboxylic acids is 4. The Labute approximate surface area is 179 Å². The summed E-state index contributed by atoms with van der Waals surface area (Å²) >= 11 is 0. The van der Waals surface area contributed by atoms with Crippen molar-refractivity contribution in [2.45, 2.75) is 26.3 Å². The van der Waals surface area contributed by atoms with E-state index in [0.29, 0.717) is 5.56 Å². The van der Waals surface area contributed by atoms with Crippen molar-refractivity contribution in [2.24, 2.45) is 5.92 Å². The van der Waals surface area contributed by atoms with Gasteiger partial charge in [0, 0.05) is 22.7 Å². The van der Waals surface area contributed by atoms with Crippen LogP contribution < -0.4 is 0 Å². The number of para-hydroxylation sites is 1. The van der Waals surface area contributed by atoms with E-state index in [1.807, 2.05) is 32.0 Å². The molecule has 0 spiro atoms. The summed E-state index contributed by atoms with van der Waals surface area (Å²) in [6.07, 6.45) is 1.82. The van der Waals surface area contributed by atoms with Crippen LogP contribution in [-0.2, 0) is 9.53 Å². The fourth-order valence-corrected chi connectivity index (χ4v) is 3.86. The lowest BCUT2D eigenvalue weighted by atomic mass is 10.0. The van der Waals surface area contributed by atoms with Crippen LogP contribution in [0.2, 0.25) is 0 Å². The number of esters is 1. The van der Waals surface area contributed by atoms with Crippen LogP contribution in [0.25, 0.3) is 10.9 Å². The average Bonchev–Trinajstić information content (AvgIpc) is 3.30. The lowest BCUT2D eigenvalue weighted by Crippen LogP contribution is -2.46. The number of imide groups is 1. The van der Waals surface area contributed by atoms with Crippen LogP contribution in [0.3, 0.4) is 0 Å². The van der Waals surface area contributed by atoms with E-state index in [1.165, 1.54) is 0 Å². The van der Waals surface area contributed by atoms with E-state index in [9.17, 15) is 19.2 Å². The minimum Gasteiger partial charge on any atom is -0.456 e. The number of nitrogens with zero attached hydrogens (tertiary/aromatic N) is 1. The van der Waals surface area contributed by atoms with Gasteiger partial charge in [0.1, 0.15) is 6.04 Å². The number of nitrogens with one attached hydrogen (secondary N) is 1. The summed E-state index contributed by atoms with van der Waals surface area (Å²) in [6, 6.07) is 12.7. The zero-order valence-electron chi connectivity index (χ0n) is 17.3. The number of H-pyrrole nitrogens is 1. The molecule has 0 saturated heterocycles. The van der Waals surface area contributed by atoms with Gasteiger partial charge in [0.15, 0.2) is 6.61 Å². The van der Waals surface area contributed by atoms with E-state index in [2.05, 4.69) is 4.98 Å². The summed E-state index contributed by atoms with van der Waals surface area (Å²) in [5.74, 6) is -2.16. The van der Waals surface area contributed by atoms with Crippen LogP contribution >= 0.6 is 0 Å². The zero-order chi connectivity index (χ0) is 22.1. The number of hydrogen-bond acceptors (Lipinski definition) is 5. The van der Waals surface area contributed by atoms with E-state index in [-0.39, 0.29) is 29.2 Å². The van der Waals surface area contributed by atoms with E-state index in [0.717, 1.165) is 15.8 Å². The molecule has 2 aromatic carbocycles. The first kappa shape index (κ1) is 20.5. The molecule has 0 fully saturated rings. The van der Waals surface area contributed by atoms with Crippen LogP contribution in [0.5, 0.6) is 0 Å². The highest BCUT2D eigenvalue weighted by molar-refractivity contribution is 6.22. The number of amides is 2. The van der Waals surface area contributed by atoms with E-state index >= 15 is 0 Å². The Bertz CT molecular complexity index is 1160. The van der Waals surface area contributed by atoms with Gasteiger partial charge in [-0.15, -0.1) is 0 Å². The maximum absolute atomic E-state index is 12.9. The number of hydrogen-bond donors (Lipinski definition) is 1. The van der Waals surface area contributed by atoms with Crippen molar-refractivity contribution in [1.82, 2.24) is 9.88 Å². The molecule has 2 heterocycles. The molecule has 4 rings (SSSR count). The fourth-order valence-electron chi connectivity index (χ4n) is 3.86. The molecule has 7 nitrogen and oxygen atoms in total. The van der Waals surface area contributed by atoms with Gasteiger partial charge in [-0.1, -0.05) is 44.2 Å². The first-order valence-corrected chi connectivity index (χ1v) is 10.1. The van der Waals surface area contributed by atoms with Gasteiger partial charge in [0.25, 0.3) is 11.8 Å². The van der Waals surface area contributed by atoms with Gasteiger partial charge in [-0.3, -0.25) is 19.3 Å². The Balaban J connectivity index is 1.52. The normalized spacial score (nSPS) is 14.2. The predicted molar refractivity (Wildman–Crippen MR) is 114 cm³/mol. The molecule has 7 heteroatoms. The third-order valence-electron chi connectivity index (χ3n) is 5.34. The van der Waals surface area contributed by atoms with Gasteiger partial charge in [0.05, 0.1) is 11.1 Å². The van der Waals surface area contributed by atoms with Crippen LogP contribution in [-0.4, -0.2) is 46.1 Å². The van der Waals surface area contributed by atoms with Gasteiger partial charge < -0.3 is 9.72 Å². The topological polar surface area (TPSA) is 96.5 Å². The summed E-state index contributed by atoms with van der Waals surface area (Å²) in [5, 5.41) is 0.739. The molecule has 1 N–H and O–H groups in total. The molecule has 0 unspecified atom stereocenters. The van der Waals surface area contributed by atoms with Crippen molar-refractivity contribution in [3.05, 3.63) is 71.4 Å². The zero-order valence-corrected chi connectivity index (χ0v) is 17.3. The van der Waals surface area contributed by atoms with E-state index < -0.39 is 30.4 Å². The number of benzene rings is 2. The monoisotopic (exact) mass is 418 g/mol. The molecule has 3 aromatic rings. The third-order valence-corrected chi connectivity index (χ3v) is 5.34. The van der Waals surface area contributed by atoms with Crippen LogP contribution in [0, 0.1) is 5.92 Å². The predicted octanol–water partition coefficient (Wildman–Crippen LogP) is 3.60. The van der Waals surface area contributed by atoms with E-state index in [1.54, 1.807) is 36.5 Å². The van der Waals surface area contributed by atoms with Crippen molar-refractivity contribution >= 4 is 34.5 Å². The number of ether oxygens (including phenoxy) is 1. The lowest BCUT2D eigenvalue weighted by Gasteiger charge is -2.25. The molecule has 1 atom stereocenters. The molecule has 0 radical (unpaired) electrons. The van der Waals surface area contributed by atoms with Gasteiger partial charge >= 0.3 is 5.97 Å². The number of aromatic amines is 1. The molecule has 0 aliphatic carbocycles. The molecular formula is C24H22N2O5. The summed E-state index contributed by atoms with van der Waals surface area (Å²) in [6.45, 7) is 3.30. The molecule has 0 bridgehead atoms. The van der Waals surface area contributed by atoms with Crippen molar-refractivity contribution in [2.75, 3.05) is 6.61 Å². The number of aromatic nitrogens is 1. The highest BCUT2D eigenvalue weighted by Crippen LogP contribution is 2.27. The minimum absolute atomic E-state index is 0.0196. The van der Waals surface area contributed by atoms with Crippen LogP contribution in [0.15, 0.2) is 54.7 Å². The molecule has 2 amide bonds. The molecule has 158 valence electrons. The molecule has 1 aliphatic heterocycles. The summed E-state index contributed by atoms with van der Waals surface area (Å²) < 4.78 is 5.30. The van der Waals surface area contributed by atoms with E-state index in [4.69, 9.17) is 4.74 Å². The van der Waals surface area contributed by atoms with Gasteiger partial charge in [-0.2, -0.15) is 0 Å². The van der Waals surface area contributed by atoms with Crippen LogP contribution in [0.4, 0.5) is 0 Å². The first-order chi connectivity index (χ1) is 14.9. The SMILES string of the molecule is CC(C)C[C@@H](C(=O)OCC(=O)c1c[nH]c2ccccc12)N1C(=O)c2ccccc2C1=O. The Morgan fingerprint density at radius 1 is 0.968 bits per heavy atom. The van der Waals surface area contributed by atoms with Crippen molar-refractivity contribution in [3.63, 3.8) is 0 Å². The third kappa shape index (κ3) is 3.74. The van der Waals surface area contributed by atoms with Crippen molar-refractivity contribution in [3.8, 4) is 0 Å². The summed E-state index contributed by atoms with van der Waals surface area (Å²) in [7, 11) is 0. The first-order valence-electron chi connectivity index (χ1n) is 10.1. The van der Waals surface area contributed by atoms with Gasteiger partial charge in [-0.05, 0) is 30.5 Å². The quantitative estimate of drug-likeness (QED) is 0.359. The number of rotatable bonds is 7. The summed E-state index contributed by atoms with van der Waals surface area (Å²) in [5.41, 5.74) is 1.76. The second-order valence-electron chi connectivity index (χ2n) is 7.95. The smallest absolute Gasteiger partial charge is 0.329 e. The fraction of sp³-hybridized carbons (Fsp3) is 0.250. The number of fused-ring (bicyclic) bond motifs is 2. The standard InChI is InChI=1S/C24H22N2O5/c1-14(2)11-20(26-22(28)16-8-3-4-9-17(16)23(26)29)24(30)31-13-21(27)18-12-25-19-10-6-5-7-15(18)19/h3-10,12,14,20,25H,11,13H2,1-2H3/t20-/m0/s1. The van der Waals surface area contributed by atoms with Gasteiger partial charge in [-0.25, -0.2) is 4.79 Å². The largest absolute Gasteiger partial charge is 0.456 e. The number of Topliss-reactive ketones (excluding diaryl/α,β-unsaturated/α-hetero) is 1. The second-order valence-corrected chi connectivity index (χ2v) is 7.95. The Morgan fingerprint density at radius 3 is 2.23 bits per heavy atom. The highest BCUT2D eigenvalue weighted by atomic mass is 16.5. The second kappa shape index (κ2) is 8.18. The molecule has 1 aliphatic rings. The van der Waals surface area contributed by atoms with Crippen molar-refractivity contribution in [1.29, 1.82) is 0 Å². The minimum atomic E-state index is -1.09. The summed E-state index contributed by atoms with van der Waals surface area (Å²) in [4.78, 5) is 55.2.